The van der Waals surface area contributed by atoms with Gasteiger partial charge in [0.25, 0.3) is 0 Å². The van der Waals surface area contributed by atoms with Crippen molar-refractivity contribution in [2.75, 3.05) is 11.5 Å². The molecule has 1 heterocycles. The summed E-state index contributed by atoms with van der Waals surface area (Å²) in [5.74, 6) is -1.62. The summed E-state index contributed by atoms with van der Waals surface area (Å²) in [5, 5.41) is 11.2. The molecule has 1 aliphatic rings. The normalized spacial score (nSPS) is 23.2. The van der Waals surface area contributed by atoms with E-state index in [4.69, 9.17) is 5.11 Å². The summed E-state index contributed by atoms with van der Waals surface area (Å²) in [5.41, 5.74) is 0. The van der Waals surface area contributed by atoms with Gasteiger partial charge in [0.2, 0.25) is 5.91 Å². The molecule has 1 fully saturated rings. The lowest BCUT2D eigenvalue weighted by atomic mass is 10.0. The Labute approximate surface area is 106 Å². The molecule has 0 aromatic rings. The van der Waals surface area contributed by atoms with Crippen molar-refractivity contribution in [3.8, 4) is 0 Å². The first-order valence-electron chi connectivity index (χ1n) is 5.67. The van der Waals surface area contributed by atoms with Crippen LogP contribution in [0.2, 0.25) is 0 Å². The third-order valence-corrected chi connectivity index (χ3v) is 4.67. The molecule has 0 spiro atoms. The van der Waals surface area contributed by atoms with Crippen LogP contribution >= 0.6 is 0 Å². The number of aliphatic carboxylic acids is 1. The molecular weight excluding hydrogens is 258 g/mol. The molecule has 0 bridgehead atoms. The Morgan fingerprint density at radius 1 is 1.50 bits per heavy atom. The van der Waals surface area contributed by atoms with Gasteiger partial charge in [-0.15, -0.1) is 6.58 Å². The van der Waals surface area contributed by atoms with E-state index in [1.54, 1.807) is 0 Å². The fourth-order valence-corrected chi connectivity index (χ4v) is 3.80. The van der Waals surface area contributed by atoms with Gasteiger partial charge in [-0.1, -0.05) is 6.08 Å². The highest BCUT2D eigenvalue weighted by atomic mass is 32.2. The van der Waals surface area contributed by atoms with Crippen LogP contribution in [0, 0.1) is 5.92 Å². The minimum absolute atomic E-state index is 0.0135. The van der Waals surface area contributed by atoms with E-state index in [-0.39, 0.29) is 30.3 Å². The van der Waals surface area contributed by atoms with Crippen molar-refractivity contribution in [1.29, 1.82) is 0 Å². The Morgan fingerprint density at radius 2 is 2.17 bits per heavy atom. The van der Waals surface area contributed by atoms with Gasteiger partial charge in [0, 0.05) is 6.42 Å². The maximum atomic E-state index is 11.6. The molecule has 2 N–H and O–H groups in total. The van der Waals surface area contributed by atoms with E-state index < -0.39 is 27.8 Å². The predicted octanol–water partition coefficient (Wildman–Crippen LogP) is -0.0433. The summed E-state index contributed by atoms with van der Waals surface area (Å²) >= 11 is 0. The molecule has 6 nitrogen and oxygen atoms in total. The van der Waals surface area contributed by atoms with Gasteiger partial charge in [0.1, 0.15) is 6.04 Å². The van der Waals surface area contributed by atoms with E-state index in [0.29, 0.717) is 6.42 Å². The van der Waals surface area contributed by atoms with Gasteiger partial charge in [-0.2, -0.15) is 0 Å². The quantitative estimate of drug-likeness (QED) is 0.662. The number of carbonyl (C=O) groups is 2. The molecule has 0 aliphatic carbocycles. The van der Waals surface area contributed by atoms with Gasteiger partial charge >= 0.3 is 5.97 Å². The van der Waals surface area contributed by atoms with Crippen molar-refractivity contribution < 1.29 is 23.1 Å². The maximum absolute atomic E-state index is 11.6. The lowest BCUT2D eigenvalue weighted by Gasteiger charge is -2.14. The van der Waals surface area contributed by atoms with Gasteiger partial charge in [-0.25, -0.2) is 13.2 Å². The van der Waals surface area contributed by atoms with Crippen LogP contribution in [0.25, 0.3) is 0 Å². The summed E-state index contributed by atoms with van der Waals surface area (Å²) in [6, 6.07) is -0.993. The van der Waals surface area contributed by atoms with E-state index in [1.807, 2.05) is 0 Å². The minimum atomic E-state index is -3.01. The zero-order valence-electron chi connectivity index (χ0n) is 9.96. The van der Waals surface area contributed by atoms with Gasteiger partial charge in [-0.05, 0) is 18.8 Å². The van der Waals surface area contributed by atoms with Crippen molar-refractivity contribution in [3.63, 3.8) is 0 Å². The highest BCUT2D eigenvalue weighted by molar-refractivity contribution is 7.91. The standard InChI is InChI=1S/C11H17NO5S/c1-2-3-9(11(14)15)12-10(13)6-8-4-5-18(16,17)7-8/h2,8-9H,1,3-7H2,(H,12,13)(H,14,15). The van der Waals surface area contributed by atoms with Crippen molar-refractivity contribution in [3.05, 3.63) is 12.7 Å². The van der Waals surface area contributed by atoms with Gasteiger partial charge in [0.15, 0.2) is 9.84 Å². The number of hydrogen-bond acceptors (Lipinski definition) is 4. The number of carboxylic acids is 1. The van der Waals surface area contributed by atoms with Crippen LogP contribution in [-0.4, -0.2) is 42.9 Å². The summed E-state index contributed by atoms with van der Waals surface area (Å²) in [7, 11) is -3.01. The second-order valence-electron chi connectivity index (χ2n) is 4.46. The Bertz CT molecular complexity index is 442. The molecule has 2 atom stereocenters. The number of hydrogen-bond donors (Lipinski definition) is 2. The molecular formula is C11H17NO5S. The number of carboxylic acid groups (broad SMARTS) is 1. The Balaban J connectivity index is 2.46. The molecule has 2 unspecified atom stereocenters. The van der Waals surface area contributed by atoms with Crippen molar-refractivity contribution in [2.24, 2.45) is 5.92 Å². The number of nitrogens with one attached hydrogen (secondary N) is 1. The third-order valence-electron chi connectivity index (χ3n) is 2.84. The molecule has 7 heteroatoms. The number of sulfone groups is 1. The van der Waals surface area contributed by atoms with E-state index in [0.717, 1.165) is 0 Å². The molecule has 0 aromatic heterocycles. The van der Waals surface area contributed by atoms with Gasteiger partial charge in [0.05, 0.1) is 11.5 Å². The Hall–Kier alpha value is -1.37. The van der Waals surface area contributed by atoms with Crippen molar-refractivity contribution in [2.45, 2.75) is 25.3 Å². The molecule has 0 radical (unpaired) electrons. The fourth-order valence-electron chi connectivity index (χ4n) is 1.94. The topological polar surface area (TPSA) is 101 Å². The molecule has 1 aliphatic heterocycles. The zero-order chi connectivity index (χ0) is 13.8. The smallest absolute Gasteiger partial charge is 0.326 e. The first-order valence-corrected chi connectivity index (χ1v) is 7.49. The highest BCUT2D eigenvalue weighted by Crippen LogP contribution is 2.21. The fraction of sp³-hybridized carbons (Fsp3) is 0.636. The molecule has 102 valence electrons. The van der Waals surface area contributed by atoms with E-state index in [2.05, 4.69) is 11.9 Å². The van der Waals surface area contributed by atoms with Crippen LogP contribution in [0.4, 0.5) is 0 Å². The monoisotopic (exact) mass is 275 g/mol. The summed E-state index contributed by atoms with van der Waals surface area (Å²) in [4.78, 5) is 22.4. The molecule has 1 saturated heterocycles. The summed E-state index contributed by atoms with van der Waals surface area (Å²) in [6.45, 7) is 3.42. The van der Waals surface area contributed by atoms with Gasteiger partial charge in [-0.3, -0.25) is 4.79 Å². The average molecular weight is 275 g/mol. The molecule has 1 rings (SSSR count). The summed E-state index contributed by atoms with van der Waals surface area (Å²) in [6.07, 6.45) is 2.08. The largest absolute Gasteiger partial charge is 0.480 e. The lowest BCUT2D eigenvalue weighted by Crippen LogP contribution is -2.41. The third kappa shape index (κ3) is 4.48. The Kier molecular flexibility index (Phi) is 4.89. The van der Waals surface area contributed by atoms with E-state index in [1.165, 1.54) is 6.08 Å². The SMILES string of the molecule is C=CCC(NC(=O)CC1CCS(=O)(=O)C1)C(=O)O. The maximum Gasteiger partial charge on any atom is 0.326 e. The van der Waals surface area contributed by atoms with E-state index >= 15 is 0 Å². The van der Waals surface area contributed by atoms with Crippen LogP contribution < -0.4 is 5.32 Å². The predicted molar refractivity (Wildman–Crippen MR) is 65.8 cm³/mol. The second kappa shape index (κ2) is 5.99. The summed E-state index contributed by atoms with van der Waals surface area (Å²) < 4.78 is 22.4. The molecule has 18 heavy (non-hydrogen) atoms. The average Bonchev–Trinajstić information content (AvgIpc) is 2.57. The second-order valence-corrected chi connectivity index (χ2v) is 6.68. The lowest BCUT2D eigenvalue weighted by molar-refractivity contribution is -0.141. The Morgan fingerprint density at radius 3 is 2.61 bits per heavy atom. The number of carbonyl (C=O) groups excluding carboxylic acids is 1. The van der Waals surface area contributed by atoms with Crippen LogP contribution in [0.15, 0.2) is 12.7 Å². The molecule has 0 aromatic carbocycles. The van der Waals surface area contributed by atoms with Crippen molar-refractivity contribution >= 4 is 21.7 Å². The molecule has 1 amide bonds. The first kappa shape index (κ1) is 14.7. The first-order chi connectivity index (χ1) is 8.34. The van der Waals surface area contributed by atoms with Gasteiger partial charge < -0.3 is 10.4 Å². The number of rotatable bonds is 6. The van der Waals surface area contributed by atoms with Crippen LogP contribution in [0.1, 0.15) is 19.3 Å². The zero-order valence-corrected chi connectivity index (χ0v) is 10.8. The van der Waals surface area contributed by atoms with Crippen LogP contribution in [0.3, 0.4) is 0 Å². The van der Waals surface area contributed by atoms with Crippen molar-refractivity contribution in [1.82, 2.24) is 5.32 Å². The van der Waals surface area contributed by atoms with Crippen LogP contribution in [0.5, 0.6) is 0 Å². The number of amides is 1. The van der Waals surface area contributed by atoms with Crippen LogP contribution in [-0.2, 0) is 19.4 Å². The minimum Gasteiger partial charge on any atom is -0.480 e. The van der Waals surface area contributed by atoms with E-state index in [9.17, 15) is 18.0 Å². The highest BCUT2D eigenvalue weighted by Gasteiger charge is 2.30. The molecule has 0 saturated carbocycles.